The van der Waals surface area contributed by atoms with E-state index < -0.39 is 11.2 Å². The number of nitrogens with zero attached hydrogens (tertiary/aromatic N) is 2. The van der Waals surface area contributed by atoms with Crippen molar-refractivity contribution in [2.45, 2.75) is 32.4 Å². The van der Waals surface area contributed by atoms with Crippen molar-refractivity contribution in [2.75, 3.05) is 10.2 Å². The summed E-state index contributed by atoms with van der Waals surface area (Å²) in [6.45, 7) is 5.94. The molecule has 1 atom stereocenters. The van der Waals surface area contributed by atoms with E-state index in [4.69, 9.17) is 0 Å². The molecule has 0 aliphatic carbocycles. The molecule has 170 valence electrons. The summed E-state index contributed by atoms with van der Waals surface area (Å²) in [4.78, 5) is 28.2. The van der Waals surface area contributed by atoms with Gasteiger partial charge in [0.25, 0.3) is 5.91 Å². The van der Waals surface area contributed by atoms with Crippen molar-refractivity contribution < 1.29 is 9.59 Å². The normalized spacial score (nSPS) is 16.8. The number of thioether (sulfide) groups is 1. The molecule has 0 spiro atoms. The SMILES string of the molecule is Cc1ccc(NC(=O)/C(C#N)=C2\S[C@H](Cc3cccc(C)c3)C(=O)N2c2ccc(C)cc2)cc1. The Hall–Kier alpha value is -3.82. The van der Waals surface area contributed by atoms with Gasteiger partial charge in [-0.15, -0.1) is 0 Å². The molecule has 0 unspecified atom stereocenters. The predicted octanol–water partition coefficient (Wildman–Crippen LogP) is 5.68. The van der Waals surface area contributed by atoms with Crippen molar-refractivity contribution >= 4 is 35.0 Å². The Morgan fingerprint density at radius 3 is 2.24 bits per heavy atom. The van der Waals surface area contributed by atoms with E-state index in [-0.39, 0.29) is 11.5 Å². The van der Waals surface area contributed by atoms with Gasteiger partial charge in [0.1, 0.15) is 16.7 Å². The summed E-state index contributed by atoms with van der Waals surface area (Å²) in [6, 6.07) is 25.0. The van der Waals surface area contributed by atoms with Crippen LogP contribution in [0.4, 0.5) is 11.4 Å². The van der Waals surface area contributed by atoms with Gasteiger partial charge in [-0.25, -0.2) is 0 Å². The third kappa shape index (κ3) is 5.05. The maximum atomic E-state index is 13.6. The third-order valence-corrected chi connectivity index (χ3v) is 6.87. The van der Waals surface area contributed by atoms with Crippen molar-refractivity contribution in [1.82, 2.24) is 0 Å². The molecule has 1 heterocycles. The van der Waals surface area contributed by atoms with E-state index in [2.05, 4.69) is 17.5 Å². The van der Waals surface area contributed by atoms with E-state index >= 15 is 0 Å². The second-order valence-corrected chi connectivity index (χ2v) is 9.61. The first-order valence-corrected chi connectivity index (χ1v) is 11.9. The molecule has 1 N–H and O–H groups in total. The molecule has 1 aliphatic heterocycles. The van der Waals surface area contributed by atoms with Gasteiger partial charge >= 0.3 is 0 Å². The molecule has 0 aromatic heterocycles. The predicted molar refractivity (Wildman–Crippen MR) is 137 cm³/mol. The average Bonchev–Trinajstić information content (AvgIpc) is 3.12. The molecule has 2 amide bonds. The van der Waals surface area contributed by atoms with Crippen molar-refractivity contribution in [3.8, 4) is 6.07 Å². The van der Waals surface area contributed by atoms with E-state index in [1.54, 1.807) is 12.1 Å². The Bertz CT molecular complexity index is 1300. The van der Waals surface area contributed by atoms with Gasteiger partial charge in [0.05, 0.1) is 5.25 Å². The van der Waals surface area contributed by atoms with Crippen molar-refractivity contribution in [3.63, 3.8) is 0 Å². The molecule has 1 aliphatic rings. The van der Waals surface area contributed by atoms with E-state index in [9.17, 15) is 14.9 Å². The minimum Gasteiger partial charge on any atom is -0.321 e. The van der Waals surface area contributed by atoms with Crippen molar-refractivity contribution in [3.05, 3.63) is 106 Å². The van der Waals surface area contributed by atoms with Crippen LogP contribution in [0.1, 0.15) is 22.3 Å². The summed E-state index contributed by atoms with van der Waals surface area (Å²) in [6.07, 6.45) is 0.509. The van der Waals surface area contributed by atoms with E-state index in [0.717, 1.165) is 22.3 Å². The van der Waals surface area contributed by atoms with Crippen LogP contribution in [0.3, 0.4) is 0 Å². The van der Waals surface area contributed by atoms with Crippen LogP contribution < -0.4 is 10.2 Å². The first kappa shape index (κ1) is 23.3. The first-order valence-electron chi connectivity index (χ1n) is 11.0. The lowest BCUT2D eigenvalue weighted by Crippen LogP contribution is -2.30. The molecule has 3 aromatic rings. The van der Waals surface area contributed by atoms with E-state index in [1.807, 2.05) is 75.4 Å². The van der Waals surface area contributed by atoms with Crippen LogP contribution in [0.25, 0.3) is 0 Å². The Morgan fingerprint density at radius 1 is 0.971 bits per heavy atom. The van der Waals surface area contributed by atoms with Gasteiger partial charge in [-0.2, -0.15) is 5.26 Å². The second-order valence-electron chi connectivity index (χ2n) is 8.42. The maximum Gasteiger partial charge on any atom is 0.269 e. The largest absolute Gasteiger partial charge is 0.321 e. The zero-order valence-electron chi connectivity index (χ0n) is 19.3. The molecule has 5 nitrogen and oxygen atoms in total. The monoisotopic (exact) mass is 467 g/mol. The molecule has 0 bridgehead atoms. The highest BCUT2D eigenvalue weighted by atomic mass is 32.2. The standard InChI is InChI=1S/C28H25N3O2S/c1-18-7-11-22(12-8-18)30-26(32)24(17-29)28-31(23-13-9-19(2)10-14-23)27(33)25(34-28)16-21-6-4-5-20(3)15-21/h4-15,25H,16H2,1-3H3,(H,30,32)/b28-24-/t25-/m1/s1. The average molecular weight is 468 g/mol. The Balaban J connectivity index is 1.72. The van der Waals surface area contributed by atoms with Crippen LogP contribution >= 0.6 is 11.8 Å². The van der Waals surface area contributed by atoms with Gasteiger partial charge in [0, 0.05) is 11.4 Å². The van der Waals surface area contributed by atoms with Gasteiger partial charge in [-0.05, 0) is 57.0 Å². The lowest BCUT2D eigenvalue weighted by Gasteiger charge is -2.19. The second kappa shape index (κ2) is 9.98. The number of benzene rings is 3. The maximum absolute atomic E-state index is 13.6. The van der Waals surface area contributed by atoms with Crippen molar-refractivity contribution in [1.29, 1.82) is 5.26 Å². The summed E-state index contributed by atoms with van der Waals surface area (Å²) in [5.74, 6) is -0.670. The van der Waals surface area contributed by atoms with Crippen LogP contribution in [0.2, 0.25) is 0 Å². The Labute approximate surface area is 204 Å². The number of carbonyl (C=O) groups is 2. The number of amides is 2. The van der Waals surface area contributed by atoms with Gasteiger partial charge < -0.3 is 5.32 Å². The van der Waals surface area contributed by atoms with E-state index in [0.29, 0.717) is 22.8 Å². The summed E-state index contributed by atoms with van der Waals surface area (Å²) in [5.41, 5.74) is 5.44. The number of hydrogen-bond donors (Lipinski definition) is 1. The molecule has 1 saturated heterocycles. The Kier molecular flexibility index (Phi) is 6.85. The van der Waals surface area contributed by atoms with Crippen LogP contribution in [-0.4, -0.2) is 17.1 Å². The van der Waals surface area contributed by atoms with Crippen molar-refractivity contribution in [2.24, 2.45) is 0 Å². The highest BCUT2D eigenvalue weighted by Gasteiger charge is 2.40. The number of rotatable bonds is 5. The molecule has 0 saturated carbocycles. The van der Waals surface area contributed by atoms with Crippen LogP contribution in [-0.2, 0) is 16.0 Å². The summed E-state index contributed by atoms with van der Waals surface area (Å²) >= 11 is 1.27. The fourth-order valence-electron chi connectivity index (χ4n) is 3.80. The van der Waals surface area contributed by atoms with Crippen LogP contribution in [0.5, 0.6) is 0 Å². The number of nitriles is 1. The lowest BCUT2D eigenvalue weighted by molar-refractivity contribution is -0.117. The first-order chi connectivity index (χ1) is 16.4. The summed E-state index contributed by atoms with van der Waals surface area (Å²) in [5, 5.41) is 12.7. The highest BCUT2D eigenvalue weighted by molar-refractivity contribution is 8.05. The van der Waals surface area contributed by atoms with Gasteiger partial charge in [-0.1, -0.05) is 77.0 Å². The molecule has 4 rings (SSSR count). The van der Waals surface area contributed by atoms with Gasteiger partial charge in [0.15, 0.2) is 0 Å². The fraction of sp³-hybridized carbons (Fsp3) is 0.179. The molecule has 1 fully saturated rings. The van der Waals surface area contributed by atoms with Gasteiger partial charge in [0.2, 0.25) is 5.91 Å². The zero-order valence-corrected chi connectivity index (χ0v) is 20.1. The van der Waals surface area contributed by atoms with Crippen LogP contribution in [0.15, 0.2) is 83.4 Å². The molecular formula is C28H25N3O2S. The van der Waals surface area contributed by atoms with Crippen LogP contribution in [0, 0.1) is 32.1 Å². The topological polar surface area (TPSA) is 73.2 Å². The smallest absolute Gasteiger partial charge is 0.269 e. The highest BCUT2D eigenvalue weighted by Crippen LogP contribution is 2.42. The third-order valence-electron chi connectivity index (χ3n) is 5.61. The molecule has 0 radical (unpaired) electrons. The minimum absolute atomic E-state index is 0.0776. The lowest BCUT2D eigenvalue weighted by atomic mass is 10.1. The molecule has 6 heteroatoms. The number of hydrogen-bond acceptors (Lipinski definition) is 4. The molecule has 3 aromatic carbocycles. The quantitative estimate of drug-likeness (QED) is 0.387. The molecule has 34 heavy (non-hydrogen) atoms. The summed E-state index contributed by atoms with van der Waals surface area (Å²) in [7, 11) is 0. The number of carbonyl (C=O) groups excluding carboxylic acids is 2. The summed E-state index contributed by atoms with van der Waals surface area (Å²) < 4.78 is 0. The molecular weight excluding hydrogens is 442 g/mol. The number of aryl methyl sites for hydroxylation is 3. The number of anilines is 2. The zero-order chi connectivity index (χ0) is 24.2. The van der Waals surface area contributed by atoms with E-state index in [1.165, 1.54) is 16.7 Å². The van der Waals surface area contributed by atoms with Gasteiger partial charge in [-0.3, -0.25) is 14.5 Å². The number of nitrogens with one attached hydrogen (secondary N) is 1. The Morgan fingerprint density at radius 2 is 1.62 bits per heavy atom. The minimum atomic E-state index is -0.532. The fourth-order valence-corrected chi connectivity index (χ4v) is 5.11.